The fourth-order valence-corrected chi connectivity index (χ4v) is 2.00. The van der Waals surface area contributed by atoms with Gasteiger partial charge in [0.1, 0.15) is 17.2 Å². The molecule has 0 fully saturated rings. The van der Waals surface area contributed by atoms with E-state index in [4.69, 9.17) is 10.5 Å². The second-order valence-electron chi connectivity index (χ2n) is 4.20. The first kappa shape index (κ1) is 11.5. The van der Waals surface area contributed by atoms with Crippen molar-refractivity contribution in [3.63, 3.8) is 0 Å². The van der Waals surface area contributed by atoms with Crippen LogP contribution in [0.25, 0.3) is 16.9 Å². The maximum absolute atomic E-state index is 13.1. The third kappa shape index (κ3) is 1.99. The summed E-state index contributed by atoms with van der Waals surface area (Å²) >= 11 is 0. The maximum Gasteiger partial charge on any atom is 0.141 e. The van der Waals surface area contributed by atoms with Gasteiger partial charge in [0.05, 0.1) is 18.5 Å². The standard InChI is InChI=1S/C14H12FN3O/c1-19-13-4-2-9(6-11(13)16)12-8-18-7-10(15)3-5-14(18)17-12/h2-8H,16H2,1H3. The first-order chi connectivity index (χ1) is 9.17. The number of anilines is 1. The largest absolute Gasteiger partial charge is 0.495 e. The molecule has 0 aliphatic carbocycles. The Balaban J connectivity index is 2.11. The van der Waals surface area contributed by atoms with Gasteiger partial charge in [-0.1, -0.05) is 0 Å². The van der Waals surface area contributed by atoms with Crippen LogP contribution in [-0.4, -0.2) is 16.5 Å². The van der Waals surface area contributed by atoms with Crippen LogP contribution in [0.1, 0.15) is 0 Å². The van der Waals surface area contributed by atoms with Crippen LogP contribution in [0.2, 0.25) is 0 Å². The van der Waals surface area contributed by atoms with E-state index in [1.807, 2.05) is 6.07 Å². The number of methoxy groups -OCH3 is 1. The molecule has 96 valence electrons. The van der Waals surface area contributed by atoms with Crippen LogP contribution in [0, 0.1) is 5.82 Å². The van der Waals surface area contributed by atoms with Crippen molar-refractivity contribution in [1.82, 2.24) is 9.38 Å². The van der Waals surface area contributed by atoms with Crippen molar-refractivity contribution in [1.29, 1.82) is 0 Å². The van der Waals surface area contributed by atoms with Gasteiger partial charge in [-0.15, -0.1) is 0 Å². The van der Waals surface area contributed by atoms with Crippen LogP contribution in [0.15, 0.2) is 42.7 Å². The zero-order valence-corrected chi connectivity index (χ0v) is 10.3. The summed E-state index contributed by atoms with van der Waals surface area (Å²) in [5.74, 6) is 0.323. The average Bonchev–Trinajstić information content (AvgIpc) is 2.81. The second-order valence-corrected chi connectivity index (χ2v) is 4.20. The monoisotopic (exact) mass is 257 g/mol. The number of hydrogen-bond donors (Lipinski definition) is 1. The molecule has 3 rings (SSSR count). The van der Waals surface area contributed by atoms with Gasteiger partial charge in [0.25, 0.3) is 0 Å². The van der Waals surface area contributed by atoms with Crippen molar-refractivity contribution < 1.29 is 9.13 Å². The molecular weight excluding hydrogens is 245 g/mol. The van der Waals surface area contributed by atoms with Crippen LogP contribution in [0.5, 0.6) is 5.75 Å². The Kier molecular flexibility index (Phi) is 2.59. The fourth-order valence-electron chi connectivity index (χ4n) is 2.00. The Morgan fingerprint density at radius 1 is 1.21 bits per heavy atom. The van der Waals surface area contributed by atoms with E-state index < -0.39 is 0 Å². The van der Waals surface area contributed by atoms with E-state index in [1.165, 1.54) is 12.3 Å². The van der Waals surface area contributed by atoms with E-state index in [9.17, 15) is 4.39 Å². The summed E-state index contributed by atoms with van der Waals surface area (Å²) in [7, 11) is 1.57. The predicted octanol–water partition coefficient (Wildman–Crippen LogP) is 2.73. The second kappa shape index (κ2) is 4.28. The van der Waals surface area contributed by atoms with Gasteiger partial charge < -0.3 is 14.9 Å². The summed E-state index contributed by atoms with van der Waals surface area (Å²) in [6, 6.07) is 8.46. The number of nitrogens with two attached hydrogens (primary N) is 1. The molecule has 0 spiro atoms. The summed E-state index contributed by atoms with van der Waals surface area (Å²) in [6.45, 7) is 0. The number of halogens is 1. The number of imidazole rings is 1. The number of nitrogen functional groups attached to an aromatic ring is 1. The molecule has 0 amide bonds. The third-order valence-corrected chi connectivity index (χ3v) is 2.94. The number of benzene rings is 1. The zero-order chi connectivity index (χ0) is 13.4. The number of fused-ring (bicyclic) bond motifs is 1. The number of pyridine rings is 1. The average molecular weight is 257 g/mol. The van der Waals surface area contributed by atoms with E-state index in [0.717, 1.165) is 11.3 Å². The topological polar surface area (TPSA) is 52.5 Å². The van der Waals surface area contributed by atoms with Gasteiger partial charge >= 0.3 is 0 Å². The van der Waals surface area contributed by atoms with Gasteiger partial charge in [0, 0.05) is 18.0 Å². The summed E-state index contributed by atoms with van der Waals surface area (Å²) in [4.78, 5) is 4.42. The first-order valence-electron chi connectivity index (χ1n) is 5.75. The molecule has 4 nitrogen and oxygen atoms in total. The number of nitrogens with zero attached hydrogens (tertiary/aromatic N) is 2. The Bertz CT molecular complexity index is 752. The zero-order valence-electron chi connectivity index (χ0n) is 10.3. The highest BCUT2D eigenvalue weighted by atomic mass is 19.1. The van der Waals surface area contributed by atoms with Crippen molar-refractivity contribution >= 4 is 11.3 Å². The molecule has 3 aromatic rings. The fraction of sp³-hybridized carbons (Fsp3) is 0.0714. The molecule has 0 saturated carbocycles. The van der Waals surface area contributed by atoms with Crippen LogP contribution >= 0.6 is 0 Å². The van der Waals surface area contributed by atoms with Crippen molar-refractivity contribution in [2.75, 3.05) is 12.8 Å². The molecule has 2 heterocycles. The van der Waals surface area contributed by atoms with E-state index in [0.29, 0.717) is 17.1 Å². The molecule has 0 bridgehead atoms. The summed E-state index contributed by atoms with van der Waals surface area (Å²) in [6.07, 6.45) is 3.15. The molecular formula is C14H12FN3O. The lowest BCUT2D eigenvalue weighted by Crippen LogP contribution is -1.92. The smallest absolute Gasteiger partial charge is 0.141 e. The molecule has 2 aromatic heterocycles. The van der Waals surface area contributed by atoms with E-state index in [2.05, 4.69) is 4.98 Å². The molecule has 0 saturated heterocycles. The number of rotatable bonds is 2. The highest BCUT2D eigenvalue weighted by Crippen LogP contribution is 2.28. The minimum atomic E-state index is -0.300. The number of aromatic nitrogens is 2. The van der Waals surface area contributed by atoms with Gasteiger partial charge in [-0.3, -0.25) is 0 Å². The quantitative estimate of drug-likeness (QED) is 0.718. The predicted molar refractivity (Wildman–Crippen MR) is 71.6 cm³/mol. The van der Waals surface area contributed by atoms with Gasteiger partial charge in [0.2, 0.25) is 0 Å². The van der Waals surface area contributed by atoms with E-state index >= 15 is 0 Å². The molecule has 0 atom stereocenters. The molecule has 1 aromatic carbocycles. The molecule has 0 unspecified atom stereocenters. The number of hydrogen-bond acceptors (Lipinski definition) is 3. The van der Waals surface area contributed by atoms with Crippen molar-refractivity contribution in [3.05, 3.63) is 48.5 Å². The molecule has 0 radical (unpaired) electrons. The minimum absolute atomic E-state index is 0.300. The van der Waals surface area contributed by atoms with Crippen LogP contribution in [0.4, 0.5) is 10.1 Å². The Hall–Kier alpha value is -2.56. The van der Waals surface area contributed by atoms with Gasteiger partial charge in [-0.05, 0) is 30.3 Å². The maximum atomic E-state index is 13.1. The molecule has 0 aliphatic heterocycles. The van der Waals surface area contributed by atoms with Gasteiger partial charge in [-0.2, -0.15) is 0 Å². The van der Waals surface area contributed by atoms with E-state index in [1.54, 1.807) is 35.9 Å². The lowest BCUT2D eigenvalue weighted by atomic mass is 10.1. The summed E-state index contributed by atoms with van der Waals surface area (Å²) in [5.41, 5.74) is 8.70. The van der Waals surface area contributed by atoms with Crippen LogP contribution in [-0.2, 0) is 0 Å². The SMILES string of the molecule is COc1ccc(-c2cn3cc(F)ccc3n2)cc1N. The summed E-state index contributed by atoms with van der Waals surface area (Å²) in [5, 5.41) is 0. The van der Waals surface area contributed by atoms with Crippen LogP contribution < -0.4 is 10.5 Å². The van der Waals surface area contributed by atoms with Gasteiger partial charge in [0.15, 0.2) is 0 Å². The Morgan fingerprint density at radius 2 is 2.05 bits per heavy atom. The Morgan fingerprint density at radius 3 is 2.79 bits per heavy atom. The van der Waals surface area contributed by atoms with Gasteiger partial charge in [-0.25, -0.2) is 9.37 Å². The highest BCUT2D eigenvalue weighted by molar-refractivity contribution is 5.69. The lowest BCUT2D eigenvalue weighted by molar-refractivity contribution is 0.417. The van der Waals surface area contributed by atoms with Crippen LogP contribution in [0.3, 0.4) is 0 Å². The number of ether oxygens (including phenoxy) is 1. The molecule has 5 heteroatoms. The van der Waals surface area contributed by atoms with E-state index in [-0.39, 0.29) is 5.82 Å². The molecule has 0 aliphatic rings. The highest BCUT2D eigenvalue weighted by Gasteiger charge is 2.07. The summed E-state index contributed by atoms with van der Waals surface area (Å²) < 4.78 is 19.9. The molecule has 19 heavy (non-hydrogen) atoms. The Labute approximate surface area is 109 Å². The minimum Gasteiger partial charge on any atom is -0.495 e. The van der Waals surface area contributed by atoms with Crippen molar-refractivity contribution in [2.45, 2.75) is 0 Å². The molecule has 2 N–H and O–H groups in total. The van der Waals surface area contributed by atoms with Crippen molar-refractivity contribution in [3.8, 4) is 17.0 Å². The lowest BCUT2D eigenvalue weighted by Gasteiger charge is -2.05. The third-order valence-electron chi connectivity index (χ3n) is 2.94. The normalized spacial score (nSPS) is 10.8. The van der Waals surface area contributed by atoms with Crippen molar-refractivity contribution in [2.24, 2.45) is 0 Å². The first-order valence-corrected chi connectivity index (χ1v) is 5.75.